The Balaban J connectivity index is 1.43. The normalized spacial score (nSPS) is 11.3. The summed E-state index contributed by atoms with van der Waals surface area (Å²) in [7, 11) is 9.33. The molecule has 0 aromatic heterocycles. The first-order chi connectivity index (χ1) is 22.3. The largest absolute Gasteiger partial charge is 0.493 e. The molecule has 0 aliphatic carbocycles. The Morgan fingerprint density at radius 1 is 0.522 bits per heavy atom. The lowest BCUT2D eigenvalue weighted by Crippen LogP contribution is -2.21. The van der Waals surface area contributed by atoms with Gasteiger partial charge in [-0.05, 0) is 46.5 Å². The number of ether oxygens (including phenoxy) is 6. The Hall–Kier alpha value is -5.64. The topological polar surface area (TPSA) is 114 Å². The van der Waals surface area contributed by atoms with Crippen molar-refractivity contribution in [1.29, 1.82) is 0 Å². The average molecular weight is 629 g/mol. The number of allylic oxidation sites excluding steroid dienone is 4. The molecular weight excluding hydrogens is 588 g/mol. The van der Waals surface area contributed by atoms with Crippen LogP contribution in [0.15, 0.2) is 85.0 Å². The van der Waals surface area contributed by atoms with Gasteiger partial charge in [0, 0.05) is 25.2 Å². The summed E-state index contributed by atoms with van der Waals surface area (Å²) in [5.41, 5.74) is 3.52. The number of rotatable bonds is 16. The van der Waals surface area contributed by atoms with E-state index in [2.05, 4.69) is 10.6 Å². The highest BCUT2D eigenvalue weighted by molar-refractivity contribution is 5.88. The lowest BCUT2D eigenvalue weighted by molar-refractivity contribution is -0.117. The van der Waals surface area contributed by atoms with Crippen molar-refractivity contribution in [3.63, 3.8) is 0 Å². The molecule has 0 unspecified atom stereocenters. The third kappa shape index (κ3) is 10.2. The molecule has 0 atom stereocenters. The number of hydrogen-bond acceptors (Lipinski definition) is 8. The van der Waals surface area contributed by atoms with Crippen LogP contribution in [0.2, 0.25) is 0 Å². The fraction of sp³-hybridized carbons (Fsp3) is 0.222. The van der Waals surface area contributed by atoms with Crippen LogP contribution >= 0.6 is 0 Å². The Morgan fingerprint density at radius 2 is 0.848 bits per heavy atom. The molecule has 2 N–H and O–H groups in total. The highest BCUT2D eigenvalue weighted by Gasteiger charge is 2.13. The number of carbonyl (C=O) groups is 2. The van der Waals surface area contributed by atoms with Crippen LogP contribution in [0.4, 0.5) is 0 Å². The maximum Gasteiger partial charge on any atom is 0.244 e. The van der Waals surface area contributed by atoms with E-state index in [-0.39, 0.29) is 11.8 Å². The molecule has 3 rings (SSSR count). The molecule has 0 radical (unpaired) electrons. The van der Waals surface area contributed by atoms with Gasteiger partial charge in [-0.3, -0.25) is 9.59 Å². The Morgan fingerprint density at radius 3 is 1.13 bits per heavy atom. The van der Waals surface area contributed by atoms with E-state index >= 15 is 0 Å². The second kappa shape index (κ2) is 18.2. The number of methoxy groups -OCH3 is 6. The fourth-order valence-corrected chi connectivity index (χ4v) is 4.29. The maximum absolute atomic E-state index is 12.3. The second-order valence-electron chi connectivity index (χ2n) is 9.61. The third-order valence-corrected chi connectivity index (χ3v) is 6.63. The molecule has 3 aromatic rings. The monoisotopic (exact) mass is 628 g/mol. The van der Waals surface area contributed by atoms with Crippen LogP contribution in [0.1, 0.15) is 22.3 Å². The van der Waals surface area contributed by atoms with E-state index in [4.69, 9.17) is 28.4 Å². The van der Waals surface area contributed by atoms with Crippen molar-refractivity contribution >= 4 is 24.0 Å². The molecular formula is C36H40N2O8. The SMILES string of the molecule is COc1cc(C=CC=CC(=O)NCc2ccc(CNC(=O)C=CC=Cc3cc(OC)c(OC)c(OC)c3)cc2)cc(OC)c1OC. The van der Waals surface area contributed by atoms with Gasteiger partial charge in [0.15, 0.2) is 23.0 Å². The molecule has 10 nitrogen and oxygen atoms in total. The van der Waals surface area contributed by atoms with Crippen LogP contribution in [0.3, 0.4) is 0 Å². The molecule has 0 saturated heterocycles. The summed E-state index contributed by atoms with van der Waals surface area (Å²) < 4.78 is 32.1. The zero-order valence-electron chi connectivity index (χ0n) is 26.9. The molecule has 2 amide bonds. The molecule has 0 saturated carbocycles. The van der Waals surface area contributed by atoms with Crippen LogP contribution in [0.5, 0.6) is 34.5 Å². The highest BCUT2D eigenvalue weighted by Crippen LogP contribution is 2.39. The van der Waals surface area contributed by atoms with Gasteiger partial charge in [0.05, 0.1) is 42.7 Å². The van der Waals surface area contributed by atoms with Crippen molar-refractivity contribution in [3.8, 4) is 34.5 Å². The standard InChI is InChI=1S/C36H40N2O8/c1-41-29-19-27(20-30(42-2)35(29)45-5)11-7-9-13-33(39)37-23-25-15-17-26(18-16-25)24-38-34(40)14-10-8-12-28-21-31(43-3)36(46-6)32(22-28)44-4/h7-22H,23-24H2,1-6H3,(H,37,39)(H,38,40). The highest BCUT2D eigenvalue weighted by atomic mass is 16.5. The number of nitrogens with one attached hydrogen (secondary N) is 2. The Kier molecular flexibility index (Phi) is 13.8. The molecule has 0 aliphatic rings. The first kappa shape index (κ1) is 34.8. The first-order valence-corrected chi connectivity index (χ1v) is 14.3. The smallest absolute Gasteiger partial charge is 0.244 e. The minimum atomic E-state index is -0.225. The number of amides is 2. The van der Waals surface area contributed by atoms with Gasteiger partial charge in [-0.15, -0.1) is 0 Å². The van der Waals surface area contributed by atoms with E-state index in [1.165, 1.54) is 12.2 Å². The Labute approximate surface area is 269 Å². The molecule has 0 spiro atoms. The third-order valence-electron chi connectivity index (χ3n) is 6.63. The van der Waals surface area contributed by atoms with Crippen LogP contribution < -0.4 is 39.1 Å². The number of benzene rings is 3. The molecule has 242 valence electrons. The van der Waals surface area contributed by atoms with Gasteiger partial charge in [0.2, 0.25) is 23.3 Å². The van der Waals surface area contributed by atoms with Crippen LogP contribution in [0, 0.1) is 0 Å². The van der Waals surface area contributed by atoms with Crippen LogP contribution in [-0.4, -0.2) is 54.5 Å². The maximum atomic E-state index is 12.3. The minimum absolute atomic E-state index is 0.225. The van der Waals surface area contributed by atoms with Gasteiger partial charge in [-0.25, -0.2) is 0 Å². The fourth-order valence-electron chi connectivity index (χ4n) is 4.29. The van der Waals surface area contributed by atoms with E-state index in [1.54, 1.807) is 67.0 Å². The Bertz CT molecular complexity index is 1420. The second-order valence-corrected chi connectivity index (χ2v) is 9.61. The number of hydrogen-bond donors (Lipinski definition) is 2. The average Bonchev–Trinajstić information content (AvgIpc) is 3.09. The quantitative estimate of drug-likeness (QED) is 0.158. The van der Waals surface area contributed by atoms with Gasteiger partial charge in [0.25, 0.3) is 0 Å². The lowest BCUT2D eigenvalue weighted by atomic mass is 10.1. The molecule has 0 bridgehead atoms. The summed E-state index contributed by atoms with van der Waals surface area (Å²) in [5, 5.41) is 5.71. The summed E-state index contributed by atoms with van der Waals surface area (Å²) in [6.45, 7) is 0.737. The van der Waals surface area contributed by atoms with Gasteiger partial charge < -0.3 is 39.1 Å². The van der Waals surface area contributed by atoms with E-state index in [9.17, 15) is 9.59 Å². The predicted molar refractivity (Wildman–Crippen MR) is 179 cm³/mol. The predicted octanol–water partition coefficient (Wildman–Crippen LogP) is 5.51. The van der Waals surface area contributed by atoms with Crippen molar-refractivity contribution in [2.75, 3.05) is 42.7 Å². The van der Waals surface area contributed by atoms with E-state index in [1.807, 2.05) is 60.7 Å². The minimum Gasteiger partial charge on any atom is -0.493 e. The van der Waals surface area contributed by atoms with Crippen LogP contribution in [0.25, 0.3) is 12.2 Å². The molecule has 0 aliphatic heterocycles. The molecule has 0 heterocycles. The van der Waals surface area contributed by atoms with Crippen molar-refractivity contribution in [2.24, 2.45) is 0 Å². The van der Waals surface area contributed by atoms with E-state index < -0.39 is 0 Å². The van der Waals surface area contributed by atoms with E-state index in [0.29, 0.717) is 47.6 Å². The van der Waals surface area contributed by atoms with Gasteiger partial charge in [0.1, 0.15) is 0 Å². The first-order valence-electron chi connectivity index (χ1n) is 14.3. The zero-order chi connectivity index (χ0) is 33.3. The summed E-state index contributed by atoms with van der Waals surface area (Å²) in [5.74, 6) is 2.77. The van der Waals surface area contributed by atoms with Gasteiger partial charge in [-0.1, -0.05) is 60.7 Å². The summed E-state index contributed by atoms with van der Waals surface area (Å²) in [6.07, 6.45) is 13.4. The molecule has 10 heteroatoms. The van der Waals surface area contributed by atoms with Gasteiger partial charge >= 0.3 is 0 Å². The summed E-state index contributed by atoms with van der Waals surface area (Å²) in [4.78, 5) is 24.5. The van der Waals surface area contributed by atoms with Crippen molar-refractivity contribution in [1.82, 2.24) is 10.6 Å². The van der Waals surface area contributed by atoms with Gasteiger partial charge in [-0.2, -0.15) is 0 Å². The molecule has 0 fully saturated rings. The van der Waals surface area contributed by atoms with E-state index in [0.717, 1.165) is 22.3 Å². The number of carbonyl (C=O) groups excluding carboxylic acids is 2. The molecule has 3 aromatic carbocycles. The van der Waals surface area contributed by atoms with Crippen molar-refractivity contribution in [2.45, 2.75) is 13.1 Å². The summed E-state index contributed by atoms with van der Waals surface area (Å²) >= 11 is 0. The van der Waals surface area contributed by atoms with Crippen LogP contribution in [-0.2, 0) is 22.7 Å². The summed E-state index contributed by atoms with van der Waals surface area (Å²) in [6, 6.07) is 14.9. The lowest BCUT2D eigenvalue weighted by Gasteiger charge is -2.12. The van der Waals surface area contributed by atoms with Crippen molar-refractivity contribution in [3.05, 3.63) is 107 Å². The van der Waals surface area contributed by atoms with Crippen molar-refractivity contribution < 1.29 is 38.0 Å². The zero-order valence-corrected chi connectivity index (χ0v) is 26.9. The molecule has 46 heavy (non-hydrogen) atoms.